The van der Waals surface area contributed by atoms with E-state index < -0.39 is 0 Å². The molecule has 188 valence electrons. The molecule has 2 N–H and O–H groups in total. The van der Waals surface area contributed by atoms with E-state index in [4.69, 9.17) is 19.2 Å². The summed E-state index contributed by atoms with van der Waals surface area (Å²) in [6.07, 6.45) is 3.98. The highest BCUT2D eigenvalue weighted by atomic mass is 16.5. The minimum absolute atomic E-state index is 0.0912. The zero-order valence-electron chi connectivity index (χ0n) is 20.9. The number of hydrogen-bond acceptors (Lipinski definition) is 9. The fourth-order valence-corrected chi connectivity index (χ4v) is 4.32. The first-order chi connectivity index (χ1) is 17.0. The number of carbonyl (C=O) groups is 1. The first kappa shape index (κ1) is 24.4. The van der Waals surface area contributed by atoms with Gasteiger partial charge in [0.25, 0.3) is 0 Å². The fraction of sp³-hybridized carbons (Fsp3) is 0.500. The Labute approximate surface area is 204 Å². The van der Waals surface area contributed by atoms with Gasteiger partial charge in [-0.15, -0.1) is 0 Å². The number of rotatable bonds is 11. The van der Waals surface area contributed by atoms with Crippen LogP contribution in [0.5, 0.6) is 17.2 Å². The Kier molecular flexibility index (Phi) is 7.42. The first-order valence-electron chi connectivity index (χ1n) is 11.8. The van der Waals surface area contributed by atoms with E-state index in [0.717, 1.165) is 37.3 Å². The normalized spacial score (nSPS) is 13.5. The number of imidazole rings is 1. The zero-order valence-corrected chi connectivity index (χ0v) is 20.9. The number of methoxy groups -OCH3 is 3. The lowest BCUT2D eigenvalue weighted by Gasteiger charge is -2.16. The molecule has 0 bridgehead atoms. The summed E-state index contributed by atoms with van der Waals surface area (Å²) in [6.45, 7) is 6.42. The van der Waals surface area contributed by atoms with E-state index in [1.807, 2.05) is 21.6 Å². The van der Waals surface area contributed by atoms with E-state index >= 15 is 0 Å². The van der Waals surface area contributed by atoms with Crippen molar-refractivity contribution in [2.24, 2.45) is 0 Å². The molecular weight excluding hydrogens is 450 g/mol. The lowest BCUT2D eigenvalue weighted by Crippen LogP contribution is -2.27. The van der Waals surface area contributed by atoms with Crippen molar-refractivity contribution in [3.63, 3.8) is 0 Å². The van der Waals surface area contributed by atoms with Crippen LogP contribution < -0.4 is 24.8 Å². The summed E-state index contributed by atoms with van der Waals surface area (Å²) < 4.78 is 18.4. The maximum atomic E-state index is 11.8. The van der Waals surface area contributed by atoms with Crippen LogP contribution in [0.1, 0.15) is 39.2 Å². The first-order valence-corrected chi connectivity index (χ1v) is 11.8. The van der Waals surface area contributed by atoms with Crippen molar-refractivity contribution >= 4 is 34.5 Å². The van der Waals surface area contributed by atoms with E-state index in [1.54, 1.807) is 27.7 Å². The fourth-order valence-electron chi connectivity index (χ4n) is 4.32. The standard InChI is InChI=1S/C24H33N7O4/c1-15(2)31-23-20(22(26-14-27-23)25-9-7-11-30-10-6-8-19(30)32)29-24(31)28-16-12-17(33-3)21(35-5)18(13-16)34-4/h12-15H,6-11H2,1-5H3,(H,28,29)(H,25,26,27). The van der Waals surface area contributed by atoms with Gasteiger partial charge in [-0.3, -0.25) is 9.36 Å². The largest absolute Gasteiger partial charge is 0.493 e. The summed E-state index contributed by atoms with van der Waals surface area (Å²) in [5.41, 5.74) is 2.13. The van der Waals surface area contributed by atoms with Crippen LogP contribution >= 0.6 is 0 Å². The lowest BCUT2D eigenvalue weighted by molar-refractivity contribution is -0.127. The van der Waals surface area contributed by atoms with Crippen molar-refractivity contribution in [2.45, 2.75) is 39.2 Å². The maximum absolute atomic E-state index is 11.8. The van der Waals surface area contributed by atoms with Crippen molar-refractivity contribution < 1.29 is 19.0 Å². The molecule has 4 rings (SSSR count). The van der Waals surface area contributed by atoms with Gasteiger partial charge in [-0.25, -0.2) is 15.0 Å². The third-order valence-electron chi connectivity index (χ3n) is 5.98. The summed E-state index contributed by atoms with van der Waals surface area (Å²) in [4.78, 5) is 27.5. The molecule has 0 aliphatic carbocycles. The number of benzene rings is 1. The Morgan fingerprint density at radius 2 is 1.83 bits per heavy atom. The van der Waals surface area contributed by atoms with E-state index in [2.05, 4.69) is 34.4 Å². The molecule has 1 amide bonds. The average Bonchev–Trinajstić information content (AvgIpc) is 3.44. The van der Waals surface area contributed by atoms with Gasteiger partial charge in [0.15, 0.2) is 28.5 Å². The second kappa shape index (κ2) is 10.7. The monoisotopic (exact) mass is 483 g/mol. The summed E-state index contributed by atoms with van der Waals surface area (Å²) in [7, 11) is 4.73. The van der Waals surface area contributed by atoms with Gasteiger partial charge in [0.2, 0.25) is 17.6 Å². The molecule has 2 aromatic heterocycles. The zero-order chi connectivity index (χ0) is 24.9. The van der Waals surface area contributed by atoms with Crippen molar-refractivity contribution in [3.05, 3.63) is 18.5 Å². The molecule has 1 fully saturated rings. The number of fused-ring (bicyclic) bond motifs is 1. The molecule has 1 saturated heterocycles. The van der Waals surface area contributed by atoms with Gasteiger partial charge in [-0.2, -0.15) is 0 Å². The molecule has 1 aliphatic rings. The number of carbonyl (C=O) groups excluding carboxylic acids is 1. The Morgan fingerprint density at radius 3 is 2.43 bits per heavy atom. The van der Waals surface area contributed by atoms with Crippen LogP contribution in [0, 0.1) is 0 Å². The van der Waals surface area contributed by atoms with Gasteiger partial charge in [0, 0.05) is 49.9 Å². The molecule has 0 unspecified atom stereocenters. The van der Waals surface area contributed by atoms with Crippen molar-refractivity contribution in [2.75, 3.05) is 51.6 Å². The van der Waals surface area contributed by atoms with Gasteiger partial charge < -0.3 is 29.7 Å². The number of amides is 1. The van der Waals surface area contributed by atoms with Crippen LogP contribution in [0.15, 0.2) is 18.5 Å². The summed E-state index contributed by atoms with van der Waals surface area (Å²) in [5, 5.41) is 6.75. The van der Waals surface area contributed by atoms with Gasteiger partial charge in [-0.1, -0.05) is 0 Å². The predicted molar refractivity (Wildman–Crippen MR) is 134 cm³/mol. The van der Waals surface area contributed by atoms with Gasteiger partial charge in [0.05, 0.1) is 21.3 Å². The number of ether oxygens (including phenoxy) is 3. The third kappa shape index (κ3) is 5.03. The maximum Gasteiger partial charge on any atom is 0.222 e. The summed E-state index contributed by atoms with van der Waals surface area (Å²) in [6, 6.07) is 3.75. The van der Waals surface area contributed by atoms with Gasteiger partial charge in [0.1, 0.15) is 6.33 Å². The van der Waals surface area contributed by atoms with E-state index in [9.17, 15) is 4.79 Å². The average molecular weight is 484 g/mol. The minimum atomic E-state index is 0.0912. The highest BCUT2D eigenvalue weighted by Crippen LogP contribution is 2.41. The molecule has 0 saturated carbocycles. The summed E-state index contributed by atoms with van der Waals surface area (Å²) >= 11 is 0. The van der Waals surface area contributed by atoms with Crippen LogP contribution in [-0.2, 0) is 4.79 Å². The van der Waals surface area contributed by atoms with Gasteiger partial charge >= 0.3 is 0 Å². The number of nitrogens with zero attached hydrogens (tertiary/aromatic N) is 5. The van der Waals surface area contributed by atoms with Crippen LogP contribution in [0.2, 0.25) is 0 Å². The van der Waals surface area contributed by atoms with E-state index in [1.165, 1.54) is 0 Å². The Balaban J connectivity index is 1.59. The second-order valence-electron chi connectivity index (χ2n) is 8.60. The summed E-state index contributed by atoms with van der Waals surface area (Å²) in [5.74, 6) is 3.13. The van der Waals surface area contributed by atoms with Crippen molar-refractivity contribution in [1.29, 1.82) is 0 Å². The highest BCUT2D eigenvalue weighted by Gasteiger charge is 2.21. The quantitative estimate of drug-likeness (QED) is 0.395. The number of likely N-dealkylation sites (tertiary alicyclic amines) is 1. The molecule has 11 nitrogen and oxygen atoms in total. The van der Waals surface area contributed by atoms with Crippen LogP contribution in [-0.4, -0.2) is 71.3 Å². The lowest BCUT2D eigenvalue weighted by atomic mass is 10.2. The molecule has 0 radical (unpaired) electrons. The van der Waals surface area contributed by atoms with E-state index in [0.29, 0.717) is 47.5 Å². The van der Waals surface area contributed by atoms with Crippen LogP contribution in [0.4, 0.5) is 17.5 Å². The number of nitrogens with one attached hydrogen (secondary N) is 2. The number of anilines is 3. The third-order valence-corrected chi connectivity index (χ3v) is 5.98. The molecule has 35 heavy (non-hydrogen) atoms. The van der Waals surface area contributed by atoms with Crippen LogP contribution in [0.25, 0.3) is 11.2 Å². The Hall–Kier alpha value is -3.76. The SMILES string of the molecule is COc1cc(Nc2nc3c(NCCCN4CCCC4=O)ncnc3n2C(C)C)cc(OC)c1OC. The van der Waals surface area contributed by atoms with E-state index in [-0.39, 0.29) is 11.9 Å². The molecule has 3 heterocycles. The highest BCUT2D eigenvalue weighted by molar-refractivity contribution is 5.86. The molecular formula is C24H33N7O4. The van der Waals surface area contributed by atoms with Gasteiger partial charge in [-0.05, 0) is 26.7 Å². The van der Waals surface area contributed by atoms with Crippen molar-refractivity contribution in [3.8, 4) is 17.2 Å². The van der Waals surface area contributed by atoms with Crippen LogP contribution in [0.3, 0.4) is 0 Å². The molecule has 1 aliphatic heterocycles. The topological polar surface area (TPSA) is 116 Å². The molecule has 0 atom stereocenters. The number of hydrogen-bond donors (Lipinski definition) is 2. The smallest absolute Gasteiger partial charge is 0.222 e. The predicted octanol–water partition coefficient (Wildman–Crippen LogP) is 3.60. The molecule has 0 spiro atoms. The number of aromatic nitrogens is 4. The molecule has 1 aromatic carbocycles. The minimum Gasteiger partial charge on any atom is -0.493 e. The molecule has 3 aromatic rings. The Morgan fingerprint density at radius 1 is 1.09 bits per heavy atom. The second-order valence-corrected chi connectivity index (χ2v) is 8.60. The Bertz CT molecular complexity index is 1170. The van der Waals surface area contributed by atoms with Crippen molar-refractivity contribution in [1.82, 2.24) is 24.4 Å². The molecule has 11 heteroatoms.